The number of rotatable bonds is 2. The predicted octanol–water partition coefficient (Wildman–Crippen LogP) is 0.816. The van der Waals surface area contributed by atoms with Crippen LogP contribution in [0.3, 0.4) is 0 Å². The van der Waals surface area contributed by atoms with Crippen LogP contribution in [0.25, 0.3) is 0 Å². The molecule has 2 unspecified atom stereocenters. The van der Waals surface area contributed by atoms with Gasteiger partial charge >= 0.3 is 0 Å². The van der Waals surface area contributed by atoms with Crippen molar-refractivity contribution in [3.8, 4) is 5.88 Å². The van der Waals surface area contributed by atoms with Gasteiger partial charge in [0.2, 0.25) is 5.88 Å². The Kier molecular flexibility index (Phi) is 2.84. The lowest BCUT2D eigenvalue weighted by atomic mass is 10.1. The number of hydrogen-bond donors (Lipinski definition) is 1. The van der Waals surface area contributed by atoms with Crippen LogP contribution in [-0.2, 0) is 0 Å². The van der Waals surface area contributed by atoms with Gasteiger partial charge in [0.1, 0.15) is 0 Å². The zero-order valence-corrected chi connectivity index (χ0v) is 10.1. The molecule has 1 N–H and O–H groups in total. The topological polar surface area (TPSA) is 50.3 Å². The van der Waals surface area contributed by atoms with Crippen molar-refractivity contribution in [2.45, 2.75) is 31.3 Å². The van der Waals surface area contributed by atoms with E-state index < -0.39 is 0 Å². The number of aromatic nitrogens is 2. The first kappa shape index (κ1) is 10.8. The molecule has 17 heavy (non-hydrogen) atoms. The number of anilines is 1. The Morgan fingerprint density at radius 1 is 1.29 bits per heavy atom. The lowest BCUT2D eigenvalue weighted by molar-refractivity contribution is 0.395. The molecule has 1 aromatic heterocycles. The summed E-state index contributed by atoms with van der Waals surface area (Å²) in [5.41, 5.74) is 0. The third-order valence-electron chi connectivity index (χ3n) is 3.66. The van der Waals surface area contributed by atoms with Crippen LogP contribution < -0.4 is 15.0 Å². The van der Waals surface area contributed by atoms with E-state index in [-0.39, 0.29) is 0 Å². The summed E-state index contributed by atoms with van der Waals surface area (Å²) in [6.07, 6.45) is 7.25. The molecule has 5 nitrogen and oxygen atoms in total. The molecule has 2 fully saturated rings. The van der Waals surface area contributed by atoms with Crippen LogP contribution in [0.15, 0.2) is 12.4 Å². The van der Waals surface area contributed by atoms with Gasteiger partial charge in [-0.3, -0.25) is 4.98 Å². The highest BCUT2D eigenvalue weighted by molar-refractivity contribution is 5.38. The Balaban J connectivity index is 1.78. The van der Waals surface area contributed by atoms with Crippen LogP contribution in [0.4, 0.5) is 5.82 Å². The van der Waals surface area contributed by atoms with E-state index in [9.17, 15) is 0 Å². The van der Waals surface area contributed by atoms with Crippen LogP contribution in [0, 0.1) is 0 Å². The number of nitrogens with one attached hydrogen (secondary N) is 1. The van der Waals surface area contributed by atoms with Crippen molar-refractivity contribution in [3.63, 3.8) is 0 Å². The number of fused-ring (bicyclic) bond motifs is 2. The fourth-order valence-corrected chi connectivity index (χ4v) is 2.74. The molecule has 3 rings (SSSR count). The third kappa shape index (κ3) is 2.20. The van der Waals surface area contributed by atoms with Gasteiger partial charge in [-0.1, -0.05) is 0 Å². The van der Waals surface area contributed by atoms with Crippen LogP contribution in [-0.4, -0.2) is 42.3 Å². The maximum absolute atomic E-state index is 5.12. The van der Waals surface area contributed by atoms with Gasteiger partial charge in [0.15, 0.2) is 5.82 Å². The second kappa shape index (κ2) is 4.49. The summed E-state index contributed by atoms with van der Waals surface area (Å²) in [6.45, 7) is 2.08. The van der Waals surface area contributed by atoms with E-state index in [4.69, 9.17) is 4.74 Å². The number of nitrogens with zero attached hydrogens (tertiary/aromatic N) is 3. The molecule has 2 bridgehead atoms. The predicted molar refractivity (Wildman–Crippen MR) is 65.4 cm³/mol. The van der Waals surface area contributed by atoms with Crippen LogP contribution in [0.5, 0.6) is 5.88 Å². The van der Waals surface area contributed by atoms with E-state index in [1.54, 1.807) is 13.3 Å². The van der Waals surface area contributed by atoms with E-state index in [0.29, 0.717) is 18.0 Å². The molecule has 2 saturated heterocycles. The molecular weight excluding hydrogens is 216 g/mol. The first-order valence-electron chi connectivity index (χ1n) is 6.22. The van der Waals surface area contributed by atoms with E-state index in [2.05, 4.69) is 20.2 Å². The molecule has 2 aliphatic heterocycles. The minimum absolute atomic E-state index is 0.588. The Bertz CT molecular complexity index is 398. The number of ether oxygens (including phenoxy) is 1. The first-order chi connectivity index (χ1) is 8.35. The van der Waals surface area contributed by atoms with Crippen LogP contribution in [0.2, 0.25) is 0 Å². The SMILES string of the molecule is COc1cncc(N2CCC3CCC(C2)N3)n1. The maximum atomic E-state index is 5.12. The second-order valence-corrected chi connectivity index (χ2v) is 4.79. The Morgan fingerprint density at radius 2 is 2.18 bits per heavy atom. The van der Waals surface area contributed by atoms with E-state index in [1.807, 2.05) is 6.20 Å². The van der Waals surface area contributed by atoms with Crippen LogP contribution >= 0.6 is 0 Å². The molecule has 92 valence electrons. The van der Waals surface area contributed by atoms with E-state index in [1.165, 1.54) is 19.3 Å². The highest BCUT2D eigenvalue weighted by atomic mass is 16.5. The molecule has 2 atom stereocenters. The largest absolute Gasteiger partial charge is 0.480 e. The molecule has 3 heterocycles. The van der Waals surface area contributed by atoms with Gasteiger partial charge in [-0.25, -0.2) is 0 Å². The van der Waals surface area contributed by atoms with Crippen molar-refractivity contribution in [3.05, 3.63) is 12.4 Å². The van der Waals surface area contributed by atoms with Gasteiger partial charge < -0.3 is 15.0 Å². The van der Waals surface area contributed by atoms with Gasteiger partial charge in [-0.05, 0) is 19.3 Å². The molecule has 2 aliphatic rings. The standard InChI is InChI=1S/C12H18N4O/c1-17-12-7-13-6-11(15-12)16-5-4-9-2-3-10(8-16)14-9/h6-7,9-10,14H,2-5,8H2,1H3. The van der Waals surface area contributed by atoms with E-state index in [0.717, 1.165) is 18.9 Å². The second-order valence-electron chi connectivity index (χ2n) is 4.79. The molecule has 0 aromatic carbocycles. The summed E-state index contributed by atoms with van der Waals surface area (Å²) >= 11 is 0. The lowest BCUT2D eigenvalue weighted by Crippen LogP contribution is -2.35. The van der Waals surface area contributed by atoms with Gasteiger partial charge in [0, 0.05) is 25.2 Å². The smallest absolute Gasteiger partial charge is 0.233 e. The summed E-state index contributed by atoms with van der Waals surface area (Å²) in [7, 11) is 1.62. The number of hydrogen-bond acceptors (Lipinski definition) is 5. The van der Waals surface area contributed by atoms with Gasteiger partial charge in [0.25, 0.3) is 0 Å². The Labute approximate surface area is 101 Å². The summed E-state index contributed by atoms with van der Waals surface area (Å²) in [6, 6.07) is 1.30. The van der Waals surface area contributed by atoms with Crippen molar-refractivity contribution in [2.24, 2.45) is 0 Å². The average molecular weight is 234 g/mol. The molecule has 5 heteroatoms. The zero-order valence-electron chi connectivity index (χ0n) is 10.1. The highest BCUT2D eigenvalue weighted by Gasteiger charge is 2.29. The minimum atomic E-state index is 0.588. The third-order valence-corrected chi connectivity index (χ3v) is 3.66. The van der Waals surface area contributed by atoms with E-state index >= 15 is 0 Å². The molecule has 1 aromatic rings. The zero-order chi connectivity index (χ0) is 11.7. The number of methoxy groups -OCH3 is 1. The average Bonchev–Trinajstić information content (AvgIpc) is 2.69. The van der Waals surface area contributed by atoms with Crippen molar-refractivity contribution < 1.29 is 4.74 Å². The van der Waals surface area contributed by atoms with Gasteiger partial charge in [-0.15, -0.1) is 0 Å². The molecule has 0 amide bonds. The van der Waals surface area contributed by atoms with Crippen molar-refractivity contribution in [2.75, 3.05) is 25.1 Å². The monoisotopic (exact) mass is 234 g/mol. The molecule has 0 saturated carbocycles. The quantitative estimate of drug-likeness (QED) is 0.821. The fourth-order valence-electron chi connectivity index (χ4n) is 2.74. The first-order valence-corrected chi connectivity index (χ1v) is 6.22. The summed E-state index contributed by atoms with van der Waals surface area (Å²) in [5.74, 6) is 1.52. The summed E-state index contributed by atoms with van der Waals surface area (Å²) in [5, 5.41) is 3.66. The van der Waals surface area contributed by atoms with Crippen molar-refractivity contribution in [1.29, 1.82) is 0 Å². The van der Waals surface area contributed by atoms with Gasteiger partial charge in [-0.2, -0.15) is 4.98 Å². The van der Waals surface area contributed by atoms with Crippen molar-refractivity contribution >= 4 is 5.82 Å². The fraction of sp³-hybridized carbons (Fsp3) is 0.667. The Morgan fingerprint density at radius 3 is 3.06 bits per heavy atom. The molecule has 0 aliphatic carbocycles. The normalized spacial score (nSPS) is 27.9. The summed E-state index contributed by atoms with van der Waals surface area (Å²) < 4.78 is 5.12. The van der Waals surface area contributed by atoms with Crippen LogP contribution in [0.1, 0.15) is 19.3 Å². The molecular formula is C12H18N4O. The molecule has 0 radical (unpaired) electrons. The molecule has 0 spiro atoms. The lowest BCUT2D eigenvalue weighted by Gasteiger charge is -2.25. The Hall–Kier alpha value is -1.36. The van der Waals surface area contributed by atoms with Gasteiger partial charge in [0.05, 0.1) is 19.5 Å². The maximum Gasteiger partial charge on any atom is 0.233 e. The minimum Gasteiger partial charge on any atom is -0.480 e. The highest BCUT2D eigenvalue weighted by Crippen LogP contribution is 2.23. The summed E-state index contributed by atoms with van der Waals surface area (Å²) in [4.78, 5) is 10.9. The van der Waals surface area contributed by atoms with Crippen molar-refractivity contribution in [1.82, 2.24) is 15.3 Å².